The number of carbonyl (C=O) groups is 2. The molecule has 0 radical (unpaired) electrons. The van der Waals surface area contributed by atoms with Crippen molar-refractivity contribution >= 4 is 23.4 Å². The number of rotatable bonds is 10. The van der Waals surface area contributed by atoms with E-state index in [0.717, 1.165) is 11.3 Å². The molecule has 0 saturated carbocycles. The summed E-state index contributed by atoms with van der Waals surface area (Å²) in [7, 11) is 0. The number of benzene rings is 2. The third-order valence-electron chi connectivity index (χ3n) is 4.36. The molecular weight excluding hydrogens is 376 g/mol. The van der Waals surface area contributed by atoms with Crippen LogP contribution in [0.4, 0.5) is 0 Å². The van der Waals surface area contributed by atoms with Crippen LogP contribution in [0.25, 0.3) is 0 Å². The summed E-state index contributed by atoms with van der Waals surface area (Å²) in [5, 5.41) is 3.36. The Kier molecular flexibility index (Phi) is 8.82. The third-order valence-corrected chi connectivity index (χ3v) is 4.73. The summed E-state index contributed by atoms with van der Waals surface area (Å²) in [5.74, 6) is 0.498. The Balaban J connectivity index is 1.99. The van der Waals surface area contributed by atoms with Gasteiger partial charge in [-0.3, -0.25) is 9.59 Å². The smallest absolute Gasteiger partial charge is 0.242 e. The normalized spacial score (nSPS) is 11.5. The first-order valence-corrected chi connectivity index (χ1v) is 9.89. The van der Waals surface area contributed by atoms with Crippen LogP contribution < -0.4 is 10.1 Å². The fourth-order valence-corrected chi connectivity index (χ4v) is 2.98. The Labute approximate surface area is 171 Å². The van der Waals surface area contributed by atoms with Crippen LogP contribution in [0, 0.1) is 0 Å². The highest BCUT2D eigenvalue weighted by Gasteiger charge is 2.26. The number of carbonyl (C=O) groups excluding carboxylic acids is 2. The second-order valence-electron chi connectivity index (χ2n) is 6.45. The van der Waals surface area contributed by atoms with Gasteiger partial charge in [0.05, 0.1) is 6.61 Å². The van der Waals surface area contributed by atoms with Crippen molar-refractivity contribution in [3.05, 3.63) is 65.2 Å². The Morgan fingerprint density at radius 2 is 1.79 bits per heavy atom. The van der Waals surface area contributed by atoms with Crippen LogP contribution in [-0.2, 0) is 16.1 Å². The van der Waals surface area contributed by atoms with Crippen molar-refractivity contribution in [2.75, 3.05) is 13.2 Å². The number of likely N-dealkylation sites (N-methyl/N-ethyl adjacent to an activating group) is 1. The number of hydrogen-bond donors (Lipinski definition) is 1. The van der Waals surface area contributed by atoms with Gasteiger partial charge in [0.2, 0.25) is 11.8 Å². The quantitative estimate of drug-likeness (QED) is 0.610. The van der Waals surface area contributed by atoms with Gasteiger partial charge in [0.25, 0.3) is 0 Å². The van der Waals surface area contributed by atoms with Gasteiger partial charge < -0.3 is 15.0 Å². The van der Waals surface area contributed by atoms with Gasteiger partial charge in [0.15, 0.2) is 0 Å². The minimum absolute atomic E-state index is 0.102. The summed E-state index contributed by atoms with van der Waals surface area (Å²) in [6, 6.07) is 16.3. The second-order valence-corrected chi connectivity index (χ2v) is 6.86. The van der Waals surface area contributed by atoms with Crippen LogP contribution >= 0.6 is 11.6 Å². The standard InChI is InChI=1S/C22H27ClN2O3/c1-3-24-22(27)17(2)25(16-18-10-7-8-13-20(18)23)21(26)14-9-15-28-19-11-5-4-6-12-19/h4-8,10-13,17H,3,9,14-16H2,1-2H3,(H,24,27)/t17-/m1/s1. The molecule has 2 aromatic carbocycles. The molecule has 0 aliphatic heterocycles. The molecule has 0 aliphatic rings. The van der Waals surface area contributed by atoms with Crippen molar-refractivity contribution in [1.29, 1.82) is 0 Å². The molecule has 5 nitrogen and oxygen atoms in total. The van der Waals surface area contributed by atoms with Crippen LogP contribution in [0.1, 0.15) is 32.3 Å². The molecule has 2 aromatic rings. The molecule has 0 spiro atoms. The largest absolute Gasteiger partial charge is 0.494 e. The average molecular weight is 403 g/mol. The predicted octanol–water partition coefficient (Wildman–Crippen LogP) is 4.05. The van der Waals surface area contributed by atoms with E-state index in [2.05, 4.69) is 5.32 Å². The van der Waals surface area contributed by atoms with E-state index in [1.54, 1.807) is 17.9 Å². The maximum absolute atomic E-state index is 12.9. The molecule has 1 N–H and O–H groups in total. The molecule has 0 aromatic heterocycles. The summed E-state index contributed by atoms with van der Waals surface area (Å²) >= 11 is 6.25. The lowest BCUT2D eigenvalue weighted by Crippen LogP contribution is -2.47. The van der Waals surface area contributed by atoms with Crippen molar-refractivity contribution in [3.63, 3.8) is 0 Å². The Hall–Kier alpha value is -2.53. The van der Waals surface area contributed by atoms with Crippen LogP contribution in [0.15, 0.2) is 54.6 Å². The first-order chi connectivity index (χ1) is 13.5. The van der Waals surface area contributed by atoms with Crippen molar-refractivity contribution in [2.45, 2.75) is 39.3 Å². The summed E-state index contributed by atoms with van der Waals surface area (Å²) in [6.07, 6.45) is 0.857. The maximum atomic E-state index is 12.9. The number of hydrogen-bond acceptors (Lipinski definition) is 3. The van der Waals surface area contributed by atoms with Crippen LogP contribution in [-0.4, -0.2) is 35.9 Å². The van der Waals surface area contributed by atoms with Crippen LogP contribution in [0.5, 0.6) is 5.75 Å². The summed E-state index contributed by atoms with van der Waals surface area (Å²) in [4.78, 5) is 26.8. The van der Waals surface area contributed by atoms with E-state index in [-0.39, 0.29) is 18.4 Å². The van der Waals surface area contributed by atoms with E-state index in [1.165, 1.54) is 0 Å². The first kappa shape index (κ1) is 21.8. The zero-order valence-corrected chi connectivity index (χ0v) is 17.1. The molecule has 0 aliphatic carbocycles. The van der Waals surface area contributed by atoms with Crippen molar-refractivity contribution in [2.24, 2.45) is 0 Å². The monoisotopic (exact) mass is 402 g/mol. The van der Waals surface area contributed by atoms with E-state index < -0.39 is 6.04 Å². The Morgan fingerprint density at radius 1 is 1.11 bits per heavy atom. The van der Waals surface area contributed by atoms with Gasteiger partial charge in [0.1, 0.15) is 11.8 Å². The Bertz CT molecular complexity index is 767. The molecule has 150 valence electrons. The number of nitrogens with one attached hydrogen (secondary N) is 1. The van der Waals surface area contributed by atoms with E-state index in [0.29, 0.717) is 31.0 Å². The topological polar surface area (TPSA) is 58.6 Å². The van der Waals surface area contributed by atoms with Crippen molar-refractivity contribution in [1.82, 2.24) is 10.2 Å². The molecular formula is C22H27ClN2O3. The lowest BCUT2D eigenvalue weighted by Gasteiger charge is -2.29. The zero-order valence-electron chi connectivity index (χ0n) is 16.4. The van der Waals surface area contributed by atoms with Crippen LogP contribution in [0.3, 0.4) is 0 Å². The second kappa shape index (κ2) is 11.3. The van der Waals surface area contributed by atoms with Gasteiger partial charge >= 0.3 is 0 Å². The molecule has 2 rings (SSSR count). The highest BCUT2D eigenvalue weighted by atomic mass is 35.5. The predicted molar refractivity (Wildman–Crippen MR) is 111 cm³/mol. The zero-order chi connectivity index (χ0) is 20.4. The lowest BCUT2D eigenvalue weighted by atomic mass is 10.1. The van der Waals surface area contributed by atoms with Gasteiger partial charge in [-0.15, -0.1) is 0 Å². The molecule has 0 saturated heterocycles. The molecule has 0 bridgehead atoms. The number of halogens is 1. The fourth-order valence-electron chi connectivity index (χ4n) is 2.79. The minimum atomic E-state index is -0.584. The Morgan fingerprint density at radius 3 is 2.46 bits per heavy atom. The highest BCUT2D eigenvalue weighted by Crippen LogP contribution is 2.19. The SMILES string of the molecule is CCNC(=O)[C@@H](C)N(Cc1ccccc1Cl)C(=O)CCCOc1ccccc1. The van der Waals surface area contributed by atoms with Gasteiger partial charge in [-0.25, -0.2) is 0 Å². The number of amides is 2. The first-order valence-electron chi connectivity index (χ1n) is 9.51. The van der Waals surface area contributed by atoms with Crippen molar-refractivity contribution < 1.29 is 14.3 Å². The van der Waals surface area contributed by atoms with Crippen molar-refractivity contribution in [3.8, 4) is 5.75 Å². The van der Waals surface area contributed by atoms with E-state index in [1.807, 2.05) is 55.5 Å². The maximum Gasteiger partial charge on any atom is 0.242 e. The molecule has 6 heteroatoms. The summed E-state index contributed by atoms with van der Waals surface area (Å²) in [5.41, 5.74) is 0.814. The number of para-hydroxylation sites is 1. The minimum Gasteiger partial charge on any atom is -0.494 e. The summed E-state index contributed by atoms with van der Waals surface area (Å²) in [6.45, 7) is 4.83. The van der Waals surface area contributed by atoms with Gasteiger partial charge in [-0.05, 0) is 44.0 Å². The molecule has 2 amide bonds. The molecule has 28 heavy (non-hydrogen) atoms. The average Bonchev–Trinajstić information content (AvgIpc) is 2.71. The molecule has 1 atom stereocenters. The third kappa shape index (κ3) is 6.57. The fraction of sp³-hybridized carbons (Fsp3) is 0.364. The van der Waals surface area contributed by atoms with Crippen LogP contribution in [0.2, 0.25) is 5.02 Å². The summed E-state index contributed by atoms with van der Waals surface area (Å²) < 4.78 is 5.65. The number of ether oxygens (including phenoxy) is 1. The lowest BCUT2D eigenvalue weighted by molar-refractivity contribution is -0.140. The van der Waals surface area contributed by atoms with Gasteiger partial charge in [-0.1, -0.05) is 48.0 Å². The highest BCUT2D eigenvalue weighted by molar-refractivity contribution is 6.31. The van der Waals surface area contributed by atoms with Gasteiger partial charge in [-0.2, -0.15) is 0 Å². The number of nitrogens with zero attached hydrogens (tertiary/aromatic N) is 1. The van der Waals surface area contributed by atoms with E-state index in [4.69, 9.17) is 16.3 Å². The molecule has 0 fully saturated rings. The molecule has 0 heterocycles. The molecule has 0 unspecified atom stereocenters. The van der Waals surface area contributed by atoms with E-state index in [9.17, 15) is 9.59 Å². The van der Waals surface area contributed by atoms with Gasteiger partial charge in [0, 0.05) is 24.5 Å². The van der Waals surface area contributed by atoms with E-state index >= 15 is 0 Å².